The molecule has 0 aliphatic heterocycles. The van der Waals surface area contributed by atoms with Crippen LogP contribution in [0.5, 0.6) is 11.5 Å². The number of benzene rings is 2. The van der Waals surface area contributed by atoms with E-state index in [1.165, 1.54) is 4.90 Å². The summed E-state index contributed by atoms with van der Waals surface area (Å²) in [5.41, 5.74) is -2.23. The first kappa shape index (κ1) is 27.0. The largest absolute Gasteiger partial charge is 0.506 e. The summed E-state index contributed by atoms with van der Waals surface area (Å²) < 4.78 is 50.7. The Labute approximate surface area is 197 Å². The zero-order chi connectivity index (χ0) is 25.8. The number of hydrogen-bond donors (Lipinski definition) is 1. The van der Waals surface area contributed by atoms with Crippen LogP contribution in [0.15, 0.2) is 36.4 Å². The van der Waals surface area contributed by atoms with E-state index in [2.05, 4.69) is 0 Å². The molecule has 1 N–H and O–H groups in total. The summed E-state index contributed by atoms with van der Waals surface area (Å²) >= 11 is 0. The molecule has 0 aromatic heterocycles. The number of phenols is 1. The highest BCUT2D eigenvalue weighted by Crippen LogP contribution is 2.39. The van der Waals surface area contributed by atoms with Gasteiger partial charge in [-0.05, 0) is 57.0 Å². The molecule has 2 rings (SSSR count). The molecule has 34 heavy (non-hydrogen) atoms. The van der Waals surface area contributed by atoms with Crippen molar-refractivity contribution >= 4 is 17.6 Å². The van der Waals surface area contributed by atoms with E-state index in [4.69, 9.17) is 9.47 Å². The molecule has 0 fully saturated rings. The number of ether oxygens (including phenoxy) is 2. The SMILES string of the molecule is CC(C)CC(=O)N(C)c1ccc(OCc2ccc(C(F)(F)F)c(O)c2C(=O)OC(C)(C)C)cc1. The van der Waals surface area contributed by atoms with E-state index in [0.717, 1.165) is 6.07 Å². The van der Waals surface area contributed by atoms with Crippen LogP contribution in [0, 0.1) is 5.92 Å². The number of carbonyl (C=O) groups excluding carboxylic acids is 2. The first-order valence-electron chi connectivity index (χ1n) is 10.7. The number of esters is 1. The van der Waals surface area contributed by atoms with E-state index in [1.54, 1.807) is 52.1 Å². The highest BCUT2D eigenvalue weighted by atomic mass is 19.4. The number of anilines is 1. The van der Waals surface area contributed by atoms with Crippen LogP contribution in [0.1, 0.15) is 62.5 Å². The molecule has 2 aromatic carbocycles. The number of aromatic hydroxyl groups is 1. The molecule has 186 valence electrons. The van der Waals surface area contributed by atoms with Gasteiger partial charge < -0.3 is 19.5 Å². The van der Waals surface area contributed by atoms with Gasteiger partial charge in [0.1, 0.15) is 29.3 Å². The molecule has 0 atom stereocenters. The van der Waals surface area contributed by atoms with Crippen LogP contribution in [0.4, 0.5) is 18.9 Å². The maximum Gasteiger partial charge on any atom is 0.419 e. The Hall–Kier alpha value is -3.23. The fourth-order valence-electron chi connectivity index (χ4n) is 3.10. The van der Waals surface area contributed by atoms with Crippen molar-refractivity contribution in [2.45, 2.75) is 59.4 Å². The van der Waals surface area contributed by atoms with E-state index in [-0.39, 0.29) is 24.0 Å². The minimum Gasteiger partial charge on any atom is -0.506 e. The molecule has 0 heterocycles. The number of amides is 1. The molecule has 6 nitrogen and oxygen atoms in total. The van der Waals surface area contributed by atoms with E-state index in [0.29, 0.717) is 23.9 Å². The summed E-state index contributed by atoms with van der Waals surface area (Å²) in [6.07, 6.45) is -4.45. The van der Waals surface area contributed by atoms with E-state index >= 15 is 0 Å². The lowest BCUT2D eigenvalue weighted by Crippen LogP contribution is -2.27. The molecule has 0 aliphatic rings. The van der Waals surface area contributed by atoms with Gasteiger partial charge in [0, 0.05) is 24.7 Å². The smallest absolute Gasteiger partial charge is 0.419 e. The standard InChI is InChI=1S/C25H30F3NO5/c1-15(2)13-20(30)29(6)17-8-10-18(11-9-17)33-14-16-7-12-19(25(26,27)28)22(31)21(16)23(32)34-24(3,4)5/h7-12,15,31H,13-14H2,1-6H3. The highest BCUT2D eigenvalue weighted by molar-refractivity contribution is 5.95. The Kier molecular flexibility index (Phi) is 8.23. The zero-order valence-corrected chi connectivity index (χ0v) is 20.1. The molecule has 1 amide bonds. The molecule has 0 bridgehead atoms. The van der Waals surface area contributed by atoms with Gasteiger partial charge in [0.15, 0.2) is 0 Å². The topological polar surface area (TPSA) is 76.1 Å². The van der Waals surface area contributed by atoms with Crippen LogP contribution >= 0.6 is 0 Å². The number of hydrogen-bond acceptors (Lipinski definition) is 5. The Bertz CT molecular complexity index is 1020. The summed E-state index contributed by atoms with van der Waals surface area (Å²) in [5, 5.41) is 10.3. The van der Waals surface area contributed by atoms with Gasteiger partial charge in [-0.1, -0.05) is 19.9 Å². The normalized spacial score (nSPS) is 11.9. The molecule has 0 radical (unpaired) electrons. The second-order valence-electron chi connectivity index (χ2n) is 9.33. The molecule has 0 aliphatic carbocycles. The molecule has 2 aromatic rings. The lowest BCUT2D eigenvalue weighted by Gasteiger charge is -2.22. The number of carbonyl (C=O) groups is 2. The highest BCUT2D eigenvalue weighted by Gasteiger charge is 2.37. The third-order valence-corrected chi connectivity index (χ3v) is 4.75. The number of halogens is 3. The van der Waals surface area contributed by atoms with E-state index in [9.17, 15) is 27.9 Å². The Morgan fingerprint density at radius 3 is 2.12 bits per heavy atom. The number of nitrogens with zero attached hydrogens (tertiary/aromatic N) is 1. The predicted octanol–water partition coefficient (Wildman–Crippen LogP) is 5.95. The van der Waals surface area contributed by atoms with Crippen molar-refractivity contribution in [1.29, 1.82) is 0 Å². The van der Waals surface area contributed by atoms with Crippen molar-refractivity contribution in [1.82, 2.24) is 0 Å². The van der Waals surface area contributed by atoms with Gasteiger partial charge >= 0.3 is 12.1 Å². The Morgan fingerprint density at radius 1 is 1.03 bits per heavy atom. The maximum absolute atomic E-state index is 13.3. The monoisotopic (exact) mass is 481 g/mol. The van der Waals surface area contributed by atoms with Crippen LogP contribution in [-0.4, -0.2) is 29.6 Å². The second-order valence-corrected chi connectivity index (χ2v) is 9.33. The fraction of sp³-hybridized carbons (Fsp3) is 0.440. The van der Waals surface area contributed by atoms with Crippen LogP contribution in [0.2, 0.25) is 0 Å². The zero-order valence-electron chi connectivity index (χ0n) is 20.1. The van der Waals surface area contributed by atoms with Gasteiger partial charge in [-0.2, -0.15) is 13.2 Å². The number of rotatable bonds is 7. The third kappa shape index (κ3) is 7.13. The number of alkyl halides is 3. The van der Waals surface area contributed by atoms with E-state index < -0.39 is 34.6 Å². The van der Waals surface area contributed by atoms with Crippen molar-refractivity contribution in [2.75, 3.05) is 11.9 Å². The van der Waals surface area contributed by atoms with Gasteiger partial charge in [0.05, 0.1) is 5.56 Å². The van der Waals surface area contributed by atoms with Crippen molar-refractivity contribution in [3.8, 4) is 11.5 Å². The average Bonchev–Trinajstić information content (AvgIpc) is 2.69. The minimum atomic E-state index is -4.85. The fourth-order valence-corrected chi connectivity index (χ4v) is 3.10. The van der Waals surface area contributed by atoms with Gasteiger partial charge in [-0.25, -0.2) is 4.79 Å². The molecule has 0 unspecified atom stereocenters. The quantitative estimate of drug-likeness (QED) is 0.494. The molecular weight excluding hydrogens is 451 g/mol. The second kappa shape index (κ2) is 10.4. The average molecular weight is 482 g/mol. The predicted molar refractivity (Wildman–Crippen MR) is 122 cm³/mol. The first-order valence-corrected chi connectivity index (χ1v) is 10.7. The molecule has 0 spiro atoms. The van der Waals surface area contributed by atoms with Crippen molar-refractivity contribution in [2.24, 2.45) is 5.92 Å². The number of phenolic OH excluding ortho intramolecular Hbond substituents is 1. The maximum atomic E-state index is 13.3. The summed E-state index contributed by atoms with van der Waals surface area (Å²) in [7, 11) is 1.67. The lowest BCUT2D eigenvalue weighted by atomic mass is 10.0. The minimum absolute atomic E-state index is 0.0352. The summed E-state index contributed by atoms with van der Waals surface area (Å²) in [6, 6.07) is 8.32. The van der Waals surface area contributed by atoms with Crippen LogP contribution in [0.25, 0.3) is 0 Å². The van der Waals surface area contributed by atoms with Gasteiger partial charge in [-0.3, -0.25) is 4.79 Å². The summed E-state index contributed by atoms with van der Waals surface area (Å²) in [6.45, 7) is 8.31. The molecular formula is C25H30F3NO5. The van der Waals surface area contributed by atoms with E-state index in [1.807, 2.05) is 13.8 Å². The third-order valence-electron chi connectivity index (χ3n) is 4.75. The summed E-state index contributed by atoms with van der Waals surface area (Å²) in [4.78, 5) is 26.4. The Balaban J connectivity index is 2.27. The van der Waals surface area contributed by atoms with Crippen LogP contribution < -0.4 is 9.64 Å². The lowest BCUT2D eigenvalue weighted by molar-refractivity contribution is -0.138. The molecule has 0 saturated carbocycles. The van der Waals surface area contributed by atoms with Crippen LogP contribution in [0.3, 0.4) is 0 Å². The van der Waals surface area contributed by atoms with Crippen molar-refractivity contribution < 1.29 is 37.3 Å². The molecule has 9 heteroatoms. The Morgan fingerprint density at radius 2 is 1.62 bits per heavy atom. The van der Waals surface area contributed by atoms with Gasteiger partial charge in [0.25, 0.3) is 0 Å². The van der Waals surface area contributed by atoms with Crippen LogP contribution in [-0.2, 0) is 22.3 Å². The van der Waals surface area contributed by atoms with Gasteiger partial charge in [0.2, 0.25) is 5.91 Å². The van der Waals surface area contributed by atoms with Crippen molar-refractivity contribution in [3.63, 3.8) is 0 Å². The van der Waals surface area contributed by atoms with Gasteiger partial charge in [-0.15, -0.1) is 0 Å². The first-order chi connectivity index (χ1) is 15.6. The van der Waals surface area contributed by atoms with Crippen molar-refractivity contribution in [3.05, 3.63) is 53.1 Å². The summed E-state index contributed by atoms with van der Waals surface area (Å²) in [5.74, 6) is -1.75. The molecule has 0 saturated heterocycles.